The minimum atomic E-state index is -1.40. The number of rotatable bonds is 16. The van der Waals surface area contributed by atoms with Crippen LogP contribution in [0.25, 0.3) is 0 Å². The van der Waals surface area contributed by atoms with Gasteiger partial charge >= 0.3 is 60.8 Å². The second-order valence-electron chi connectivity index (χ2n) is 12.6. The average Bonchev–Trinajstić information content (AvgIpc) is 2.72. The molecule has 224 valence electrons. The zero-order chi connectivity index (χ0) is 30.2. The molecule has 0 saturated carbocycles. The third-order valence-corrected chi connectivity index (χ3v) is 7.44. The normalized spacial score (nSPS) is 14.4. The SMILES string of the molecule is CCCCCCC(C)(OC(=O)CC(=O)[O-])C(C)(C)C.CCCCCCC(C)(OC(=O)CC(=O)[O-])C(C)(C)C.[Ba+2]. The Morgan fingerprint density at radius 2 is 0.821 bits per heavy atom. The number of carbonyl (C=O) groups excluding carboxylic acids is 4. The molecule has 0 aliphatic carbocycles. The summed E-state index contributed by atoms with van der Waals surface area (Å²) in [7, 11) is 0. The van der Waals surface area contributed by atoms with Gasteiger partial charge in [0.25, 0.3) is 0 Å². The van der Waals surface area contributed by atoms with Gasteiger partial charge in [-0.25, -0.2) is 0 Å². The summed E-state index contributed by atoms with van der Waals surface area (Å²) < 4.78 is 10.9. The van der Waals surface area contributed by atoms with Gasteiger partial charge in [0, 0.05) is 10.8 Å². The van der Waals surface area contributed by atoms with E-state index in [1.165, 1.54) is 0 Å². The van der Waals surface area contributed by atoms with Gasteiger partial charge in [-0.3, -0.25) is 9.59 Å². The summed E-state index contributed by atoms with van der Waals surface area (Å²) in [5.41, 5.74) is -1.76. The predicted molar refractivity (Wildman–Crippen MR) is 150 cm³/mol. The van der Waals surface area contributed by atoms with Crippen LogP contribution in [0.3, 0.4) is 0 Å². The fourth-order valence-corrected chi connectivity index (χ4v) is 3.75. The number of hydrogen-bond acceptors (Lipinski definition) is 8. The van der Waals surface area contributed by atoms with Crippen LogP contribution in [0.15, 0.2) is 0 Å². The van der Waals surface area contributed by atoms with Crippen molar-refractivity contribution in [3.63, 3.8) is 0 Å². The van der Waals surface area contributed by atoms with E-state index in [2.05, 4.69) is 13.8 Å². The van der Waals surface area contributed by atoms with Crippen molar-refractivity contribution in [3.8, 4) is 0 Å². The second-order valence-corrected chi connectivity index (χ2v) is 12.6. The largest absolute Gasteiger partial charge is 2.00 e. The molecular formula is C30H54BaO8. The van der Waals surface area contributed by atoms with Crippen molar-refractivity contribution in [3.05, 3.63) is 0 Å². The Balaban J connectivity index is -0.000000648. The van der Waals surface area contributed by atoms with Gasteiger partial charge in [-0.2, -0.15) is 0 Å². The quantitative estimate of drug-likeness (QED) is 0.101. The van der Waals surface area contributed by atoms with E-state index in [1.807, 2.05) is 55.4 Å². The third kappa shape index (κ3) is 19.2. The Kier molecular flexibility index (Phi) is 22.4. The maximum Gasteiger partial charge on any atom is 2.00 e. The standard InChI is InChI=1S/2C15H28O4.Ba/c2*1-6-7-8-9-10-15(5,14(2,3)4)19-13(18)11-12(16)17;/h2*6-11H2,1-5H3,(H,16,17);/q;;+2/p-2. The van der Waals surface area contributed by atoms with Gasteiger partial charge in [0.1, 0.15) is 11.2 Å². The Bertz CT molecular complexity index is 676. The van der Waals surface area contributed by atoms with Gasteiger partial charge in [0.2, 0.25) is 0 Å². The molecule has 2 atom stereocenters. The summed E-state index contributed by atoms with van der Waals surface area (Å²) >= 11 is 0. The van der Waals surface area contributed by atoms with Crippen LogP contribution in [0.1, 0.15) is 146 Å². The first-order valence-electron chi connectivity index (χ1n) is 14.1. The van der Waals surface area contributed by atoms with Crippen LogP contribution in [-0.4, -0.2) is 84.0 Å². The molecule has 2 unspecified atom stereocenters. The van der Waals surface area contributed by atoms with Gasteiger partial charge in [-0.1, -0.05) is 93.9 Å². The molecule has 0 aliphatic heterocycles. The Labute approximate surface area is 277 Å². The second kappa shape index (κ2) is 20.3. The Hall–Kier alpha value is -0.549. The smallest absolute Gasteiger partial charge is 0.550 e. The van der Waals surface area contributed by atoms with E-state index in [9.17, 15) is 29.4 Å². The van der Waals surface area contributed by atoms with Crippen molar-refractivity contribution in [2.45, 2.75) is 157 Å². The Morgan fingerprint density at radius 1 is 0.538 bits per heavy atom. The van der Waals surface area contributed by atoms with Crippen LogP contribution >= 0.6 is 0 Å². The van der Waals surface area contributed by atoms with Crippen molar-refractivity contribution in [1.82, 2.24) is 0 Å². The van der Waals surface area contributed by atoms with E-state index in [4.69, 9.17) is 9.47 Å². The van der Waals surface area contributed by atoms with Crippen molar-refractivity contribution < 1.29 is 38.9 Å². The molecule has 0 heterocycles. The third-order valence-electron chi connectivity index (χ3n) is 7.44. The fraction of sp³-hybridized carbons (Fsp3) is 0.867. The van der Waals surface area contributed by atoms with Crippen LogP contribution in [-0.2, 0) is 28.7 Å². The summed E-state index contributed by atoms with van der Waals surface area (Å²) in [6.45, 7) is 20.0. The molecule has 0 radical (unpaired) electrons. The molecule has 0 aromatic heterocycles. The molecule has 0 bridgehead atoms. The van der Waals surface area contributed by atoms with E-state index in [-0.39, 0.29) is 59.7 Å². The zero-order valence-electron chi connectivity index (χ0n) is 26.5. The number of unbranched alkanes of at least 4 members (excludes halogenated alkanes) is 6. The van der Waals surface area contributed by atoms with Crippen LogP contribution in [0, 0.1) is 10.8 Å². The molecule has 0 spiro atoms. The molecule has 0 fully saturated rings. The van der Waals surface area contributed by atoms with Gasteiger partial charge in [0.05, 0.1) is 24.8 Å². The van der Waals surface area contributed by atoms with E-state index in [1.54, 1.807) is 0 Å². The number of carboxylic acids is 2. The fourth-order valence-electron chi connectivity index (χ4n) is 3.75. The Morgan fingerprint density at radius 3 is 1.03 bits per heavy atom. The molecule has 0 aromatic rings. The molecule has 8 nitrogen and oxygen atoms in total. The van der Waals surface area contributed by atoms with Crippen LogP contribution in [0.4, 0.5) is 0 Å². The van der Waals surface area contributed by atoms with Crippen molar-refractivity contribution in [2.24, 2.45) is 10.8 Å². The number of ether oxygens (including phenoxy) is 2. The molecule has 0 aliphatic rings. The van der Waals surface area contributed by atoms with Gasteiger partial charge in [-0.05, 0) is 39.5 Å². The summed E-state index contributed by atoms with van der Waals surface area (Å²) in [5, 5.41) is 20.9. The van der Waals surface area contributed by atoms with Crippen LogP contribution in [0.2, 0.25) is 0 Å². The number of carboxylic acid groups (broad SMARTS) is 2. The van der Waals surface area contributed by atoms with Crippen molar-refractivity contribution in [1.29, 1.82) is 0 Å². The van der Waals surface area contributed by atoms with Gasteiger partial charge in [0.15, 0.2) is 0 Å². The topological polar surface area (TPSA) is 133 Å². The van der Waals surface area contributed by atoms with Gasteiger partial charge in [-0.15, -0.1) is 0 Å². The van der Waals surface area contributed by atoms with Crippen molar-refractivity contribution >= 4 is 72.8 Å². The number of esters is 2. The zero-order valence-corrected chi connectivity index (χ0v) is 30.9. The van der Waals surface area contributed by atoms with E-state index < -0.39 is 47.9 Å². The molecule has 9 heteroatoms. The summed E-state index contributed by atoms with van der Waals surface area (Å²) in [6, 6.07) is 0. The summed E-state index contributed by atoms with van der Waals surface area (Å²) in [6.07, 6.45) is 8.89. The number of aliphatic carboxylic acids is 2. The molecule has 0 saturated heterocycles. The van der Waals surface area contributed by atoms with Crippen LogP contribution in [0.5, 0.6) is 0 Å². The minimum absolute atomic E-state index is 0. The van der Waals surface area contributed by atoms with E-state index >= 15 is 0 Å². The predicted octanol–water partition coefficient (Wildman–Crippen LogP) is 4.51. The molecule has 0 aromatic carbocycles. The van der Waals surface area contributed by atoms with E-state index in [0.717, 1.165) is 64.2 Å². The first kappa shape index (κ1) is 42.9. The first-order chi connectivity index (χ1) is 17.2. The van der Waals surface area contributed by atoms with Gasteiger partial charge < -0.3 is 29.3 Å². The minimum Gasteiger partial charge on any atom is -0.550 e. The molecule has 0 rings (SSSR count). The summed E-state index contributed by atoms with van der Waals surface area (Å²) in [4.78, 5) is 44.0. The van der Waals surface area contributed by atoms with Crippen molar-refractivity contribution in [2.75, 3.05) is 0 Å². The van der Waals surface area contributed by atoms with E-state index in [0.29, 0.717) is 0 Å². The summed E-state index contributed by atoms with van der Waals surface area (Å²) in [5.74, 6) is -4.22. The average molecular weight is 680 g/mol. The molecule has 0 amide bonds. The number of hydrogen-bond donors (Lipinski definition) is 0. The monoisotopic (exact) mass is 680 g/mol. The molecular weight excluding hydrogens is 626 g/mol. The number of carbonyl (C=O) groups is 4. The maximum atomic E-state index is 11.6. The maximum absolute atomic E-state index is 11.6. The molecule has 0 N–H and O–H groups in total. The molecule has 39 heavy (non-hydrogen) atoms. The van der Waals surface area contributed by atoms with Crippen LogP contribution < -0.4 is 10.2 Å². The first-order valence-corrected chi connectivity index (χ1v) is 14.1.